The van der Waals surface area contributed by atoms with E-state index >= 15 is 0 Å². The molecule has 0 bridgehead atoms. The van der Waals surface area contributed by atoms with Crippen LogP contribution in [-0.4, -0.2) is 60.4 Å². The first-order valence-electron chi connectivity index (χ1n) is 7.76. The third-order valence-electron chi connectivity index (χ3n) is 4.76. The number of hydrogen-bond acceptors (Lipinski definition) is 4. The predicted octanol–water partition coefficient (Wildman–Crippen LogP) is 0.409. The predicted molar refractivity (Wildman–Crippen MR) is 74.2 cm³/mol. The first-order valence-corrected chi connectivity index (χ1v) is 7.76. The lowest BCUT2D eigenvalue weighted by Gasteiger charge is -2.33. The summed E-state index contributed by atoms with van der Waals surface area (Å²) in [5.74, 6) is -0.550. The van der Waals surface area contributed by atoms with Crippen molar-refractivity contribution in [2.75, 3.05) is 26.7 Å². The van der Waals surface area contributed by atoms with Gasteiger partial charge in [0.2, 0.25) is 11.8 Å². The largest absolute Gasteiger partial charge is 0.469 e. The highest BCUT2D eigenvalue weighted by molar-refractivity contribution is 5.90. The Kier molecular flexibility index (Phi) is 3.87. The van der Waals surface area contributed by atoms with E-state index in [9.17, 15) is 14.4 Å². The molecule has 0 N–H and O–H groups in total. The molecule has 0 aromatic heterocycles. The maximum atomic E-state index is 12.6. The van der Waals surface area contributed by atoms with Crippen LogP contribution in [0.4, 0.5) is 0 Å². The number of rotatable bonds is 3. The van der Waals surface area contributed by atoms with Crippen molar-refractivity contribution < 1.29 is 19.1 Å². The molecule has 2 amide bonds. The second kappa shape index (κ2) is 5.66. The molecule has 6 nitrogen and oxygen atoms in total. The molecule has 0 aromatic carbocycles. The summed E-state index contributed by atoms with van der Waals surface area (Å²) in [6, 6.07) is 0.375. The van der Waals surface area contributed by atoms with Gasteiger partial charge >= 0.3 is 5.97 Å². The number of carbonyl (C=O) groups excluding carboxylic acids is 3. The zero-order valence-corrected chi connectivity index (χ0v) is 12.4. The van der Waals surface area contributed by atoms with Crippen LogP contribution < -0.4 is 0 Å². The summed E-state index contributed by atoms with van der Waals surface area (Å²) in [7, 11) is 1.38. The van der Waals surface area contributed by atoms with E-state index in [1.165, 1.54) is 7.11 Å². The Bertz CT molecular complexity index is 461. The third kappa shape index (κ3) is 2.89. The van der Waals surface area contributed by atoms with Gasteiger partial charge in [0.05, 0.1) is 18.9 Å². The molecule has 3 rings (SSSR count). The van der Waals surface area contributed by atoms with Crippen molar-refractivity contribution in [1.82, 2.24) is 9.80 Å². The topological polar surface area (TPSA) is 66.9 Å². The maximum Gasteiger partial charge on any atom is 0.310 e. The van der Waals surface area contributed by atoms with Crippen LogP contribution in [0.1, 0.15) is 32.1 Å². The number of ether oxygens (including phenoxy) is 1. The van der Waals surface area contributed by atoms with Gasteiger partial charge in [-0.25, -0.2) is 0 Å². The number of likely N-dealkylation sites (tertiary alicyclic amines) is 2. The van der Waals surface area contributed by atoms with E-state index in [-0.39, 0.29) is 29.6 Å². The fraction of sp³-hybridized carbons (Fsp3) is 0.800. The van der Waals surface area contributed by atoms with Gasteiger partial charge in [0.15, 0.2) is 0 Å². The van der Waals surface area contributed by atoms with Crippen molar-refractivity contribution >= 4 is 17.8 Å². The van der Waals surface area contributed by atoms with Crippen molar-refractivity contribution in [1.29, 1.82) is 0 Å². The van der Waals surface area contributed by atoms with Crippen LogP contribution in [0.3, 0.4) is 0 Å². The molecule has 1 saturated carbocycles. The van der Waals surface area contributed by atoms with Gasteiger partial charge in [0, 0.05) is 32.1 Å². The molecule has 3 fully saturated rings. The van der Waals surface area contributed by atoms with E-state index in [1.807, 2.05) is 4.90 Å². The van der Waals surface area contributed by atoms with Gasteiger partial charge in [0.1, 0.15) is 0 Å². The summed E-state index contributed by atoms with van der Waals surface area (Å²) < 4.78 is 4.78. The highest BCUT2D eigenvalue weighted by Gasteiger charge is 2.43. The molecule has 2 saturated heterocycles. The lowest BCUT2D eigenvalue weighted by atomic mass is 9.96. The second-order valence-corrected chi connectivity index (χ2v) is 6.32. The van der Waals surface area contributed by atoms with Crippen LogP contribution in [0, 0.1) is 11.8 Å². The van der Waals surface area contributed by atoms with Gasteiger partial charge in [-0.05, 0) is 25.7 Å². The summed E-state index contributed by atoms with van der Waals surface area (Å²) in [6.45, 7) is 1.67. The van der Waals surface area contributed by atoms with E-state index in [0.29, 0.717) is 32.1 Å². The van der Waals surface area contributed by atoms with Crippen LogP contribution in [0.25, 0.3) is 0 Å². The van der Waals surface area contributed by atoms with Crippen LogP contribution >= 0.6 is 0 Å². The first-order chi connectivity index (χ1) is 10.1. The Labute approximate surface area is 124 Å². The molecule has 1 aliphatic carbocycles. The summed E-state index contributed by atoms with van der Waals surface area (Å²) in [4.78, 5) is 39.8. The summed E-state index contributed by atoms with van der Waals surface area (Å²) in [6.07, 6.45) is 4.06. The lowest BCUT2D eigenvalue weighted by molar-refractivity contribution is -0.149. The standard InChI is InChI=1S/C15H22N2O4/c1-21-15(20)10-3-2-6-16(8-10)14(19)11-7-13(18)17(9-11)12-4-5-12/h10-12H,2-9H2,1H3/t10-,11?/m0/s1. The van der Waals surface area contributed by atoms with E-state index in [1.54, 1.807) is 4.90 Å². The molecule has 116 valence electrons. The van der Waals surface area contributed by atoms with Crippen molar-refractivity contribution in [2.45, 2.75) is 38.1 Å². The monoisotopic (exact) mass is 294 g/mol. The average molecular weight is 294 g/mol. The Hall–Kier alpha value is -1.59. The number of hydrogen-bond donors (Lipinski definition) is 0. The van der Waals surface area contributed by atoms with Crippen molar-refractivity contribution in [3.8, 4) is 0 Å². The summed E-state index contributed by atoms with van der Waals surface area (Å²) in [5.41, 5.74) is 0. The zero-order chi connectivity index (χ0) is 15.0. The highest BCUT2D eigenvalue weighted by atomic mass is 16.5. The highest BCUT2D eigenvalue weighted by Crippen LogP contribution is 2.33. The Morgan fingerprint density at radius 2 is 1.90 bits per heavy atom. The number of amides is 2. The molecule has 1 unspecified atom stereocenters. The van der Waals surface area contributed by atoms with Crippen LogP contribution in [-0.2, 0) is 19.1 Å². The molecule has 21 heavy (non-hydrogen) atoms. The normalized spacial score (nSPS) is 29.7. The van der Waals surface area contributed by atoms with Gasteiger partial charge in [-0.1, -0.05) is 0 Å². The minimum Gasteiger partial charge on any atom is -0.469 e. The second-order valence-electron chi connectivity index (χ2n) is 6.32. The number of methoxy groups -OCH3 is 1. The first kappa shape index (κ1) is 14.4. The van der Waals surface area contributed by atoms with E-state index in [0.717, 1.165) is 25.7 Å². The molecule has 6 heteroatoms. The molecular weight excluding hydrogens is 272 g/mol. The van der Waals surface area contributed by atoms with E-state index < -0.39 is 0 Å². The Morgan fingerprint density at radius 3 is 2.57 bits per heavy atom. The van der Waals surface area contributed by atoms with Gasteiger partial charge in [-0.2, -0.15) is 0 Å². The average Bonchev–Trinajstić information content (AvgIpc) is 3.28. The Morgan fingerprint density at radius 1 is 1.14 bits per heavy atom. The molecule has 0 spiro atoms. The van der Waals surface area contributed by atoms with Crippen LogP contribution in [0.2, 0.25) is 0 Å². The van der Waals surface area contributed by atoms with Gasteiger partial charge in [-0.15, -0.1) is 0 Å². The number of carbonyl (C=O) groups is 3. The SMILES string of the molecule is COC(=O)[C@H]1CCCN(C(=O)C2CC(=O)N(C3CC3)C2)C1. The maximum absolute atomic E-state index is 12.6. The number of nitrogens with zero attached hydrogens (tertiary/aromatic N) is 2. The molecule has 3 aliphatic rings. The van der Waals surface area contributed by atoms with Crippen molar-refractivity contribution in [2.24, 2.45) is 11.8 Å². The number of esters is 1. The van der Waals surface area contributed by atoms with E-state index in [2.05, 4.69) is 0 Å². The molecule has 2 heterocycles. The molecule has 0 radical (unpaired) electrons. The van der Waals surface area contributed by atoms with Crippen molar-refractivity contribution in [3.05, 3.63) is 0 Å². The quantitative estimate of drug-likeness (QED) is 0.707. The van der Waals surface area contributed by atoms with Gasteiger partial charge < -0.3 is 14.5 Å². The van der Waals surface area contributed by atoms with Crippen molar-refractivity contribution in [3.63, 3.8) is 0 Å². The number of piperidine rings is 1. The minimum absolute atomic E-state index is 0.0279. The smallest absolute Gasteiger partial charge is 0.310 e. The third-order valence-corrected chi connectivity index (χ3v) is 4.76. The molecular formula is C15H22N2O4. The molecule has 2 atom stereocenters. The van der Waals surface area contributed by atoms with Gasteiger partial charge in [-0.3, -0.25) is 14.4 Å². The summed E-state index contributed by atoms with van der Waals surface area (Å²) >= 11 is 0. The minimum atomic E-state index is -0.241. The fourth-order valence-corrected chi connectivity index (χ4v) is 3.43. The summed E-state index contributed by atoms with van der Waals surface area (Å²) in [5, 5.41) is 0. The van der Waals surface area contributed by atoms with E-state index in [4.69, 9.17) is 4.74 Å². The molecule has 0 aromatic rings. The lowest BCUT2D eigenvalue weighted by Crippen LogP contribution is -2.45. The fourth-order valence-electron chi connectivity index (χ4n) is 3.43. The molecule has 2 aliphatic heterocycles. The zero-order valence-electron chi connectivity index (χ0n) is 12.4. The van der Waals surface area contributed by atoms with Gasteiger partial charge in [0.25, 0.3) is 0 Å². The van der Waals surface area contributed by atoms with Crippen LogP contribution in [0.15, 0.2) is 0 Å². The van der Waals surface area contributed by atoms with Crippen LogP contribution in [0.5, 0.6) is 0 Å². The Balaban J connectivity index is 1.60.